The second kappa shape index (κ2) is 8.11. The lowest BCUT2D eigenvalue weighted by atomic mass is 9.97. The summed E-state index contributed by atoms with van der Waals surface area (Å²) in [6.07, 6.45) is 9.73. The van der Waals surface area contributed by atoms with Gasteiger partial charge in [0.1, 0.15) is 0 Å². The minimum absolute atomic E-state index is 0.232. The number of benzene rings is 1. The summed E-state index contributed by atoms with van der Waals surface area (Å²) < 4.78 is 0. The standard InChI is InChI=1S/C19H27NO2/c1-14(2)10-7-5-3-4-6-8-11-15-12-9-13-16-17(15)19(22)20-18(16)21/h9,12-14H,3-8,10-11H2,1-2H3,(H,20,21,22). The molecule has 0 unspecified atom stereocenters. The summed E-state index contributed by atoms with van der Waals surface area (Å²) in [5.74, 6) is 0.324. The fourth-order valence-corrected chi connectivity index (χ4v) is 3.07. The van der Waals surface area contributed by atoms with Crippen molar-refractivity contribution in [1.82, 2.24) is 5.32 Å². The Morgan fingerprint density at radius 3 is 2.32 bits per heavy atom. The first kappa shape index (κ1) is 16.7. The van der Waals surface area contributed by atoms with Crippen molar-refractivity contribution in [2.45, 2.75) is 65.2 Å². The van der Waals surface area contributed by atoms with E-state index >= 15 is 0 Å². The van der Waals surface area contributed by atoms with E-state index in [4.69, 9.17) is 0 Å². The summed E-state index contributed by atoms with van der Waals surface area (Å²) in [5.41, 5.74) is 2.15. The molecule has 0 spiro atoms. The number of hydrogen-bond acceptors (Lipinski definition) is 2. The van der Waals surface area contributed by atoms with Crippen molar-refractivity contribution in [2.24, 2.45) is 5.92 Å². The number of fused-ring (bicyclic) bond motifs is 1. The lowest BCUT2D eigenvalue weighted by Crippen LogP contribution is -2.20. The molecule has 0 saturated carbocycles. The Hall–Kier alpha value is -1.64. The van der Waals surface area contributed by atoms with E-state index in [0.29, 0.717) is 11.1 Å². The molecular formula is C19H27NO2. The van der Waals surface area contributed by atoms with Gasteiger partial charge >= 0.3 is 0 Å². The molecule has 1 aromatic carbocycles. The largest absolute Gasteiger partial charge is 0.288 e. The van der Waals surface area contributed by atoms with Crippen LogP contribution in [0.5, 0.6) is 0 Å². The maximum Gasteiger partial charge on any atom is 0.259 e. The van der Waals surface area contributed by atoms with E-state index < -0.39 is 0 Å². The molecule has 2 amide bonds. The van der Waals surface area contributed by atoms with Crippen LogP contribution in [-0.2, 0) is 6.42 Å². The van der Waals surface area contributed by atoms with Gasteiger partial charge in [0, 0.05) is 0 Å². The zero-order valence-electron chi connectivity index (χ0n) is 13.8. The van der Waals surface area contributed by atoms with Crippen molar-refractivity contribution in [3.05, 3.63) is 34.9 Å². The number of amides is 2. The van der Waals surface area contributed by atoms with Gasteiger partial charge in [-0.05, 0) is 30.4 Å². The SMILES string of the molecule is CC(C)CCCCCCCCc1cccc2c1C(=O)NC2=O. The van der Waals surface area contributed by atoms with E-state index in [9.17, 15) is 9.59 Å². The number of carbonyl (C=O) groups is 2. The third kappa shape index (κ3) is 4.43. The van der Waals surface area contributed by atoms with Gasteiger partial charge in [0.25, 0.3) is 11.8 Å². The molecule has 0 atom stereocenters. The summed E-state index contributed by atoms with van der Waals surface area (Å²) in [5, 5.41) is 2.38. The van der Waals surface area contributed by atoms with Gasteiger partial charge in [0.2, 0.25) is 0 Å². The highest BCUT2D eigenvalue weighted by atomic mass is 16.2. The van der Waals surface area contributed by atoms with Crippen molar-refractivity contribution >= 4 is 11.8 Å². The Bertz CT molecular complexity index is 534. The van der Waals surface area contributed by atoms with Gasteiger partial charge < -0.3 is 0 Å². The van der Waals surface area contributed by atoms with Gasteiger partial charge in [-0.2, -0.15) is 0 Å². The number of hydrogen-bond donors (Lipinski definition) is 1. The molecular weight excluding hydrogens is 274 g/mol. The van der Waals surface area contributed by atoms with Crippen molar-refractivity contribution in [1.29, 1.82) is 0 Å². The van der Waals surface area contributed by atoms with Crippen LogP contribution < -0.4 is 5.32 Å². The molecule has 0 aliphatic carbocycles. The molecule has 120 valence electrons. The molecule has 1 aliphatic rings. The quantitative estimate of drug-likeness (QED) is 0.539. The van der Waals surface area contributed by atoms with E-state index in [1.165, 1.54) is 38.5 Å². The lowest BCUT2D eigenvalue weighted by molar-refractivity contribution is 0.0879. The van der Waals surface area contributed by atoms with Gasteiger partial charge in [0.05, 0.1) is 11.1 Å². The molecule has 2 rings (SSSR count). The highest BCUT2D eigenvalue weighted by Crippen LogP contribution is 2.22. The van der Waals surface area contributed by atoms with E-state index in [2.05, 4.69) is 19.2 Å². The van der Waals surface area contributed by atoms with Crippen molar-refractivity contribution < 1.29 is 9.59 Å². The van der Waals surface area contributed by atoms with Crippen LogP contribution in [0.3, 0.4) is 0 Å². The molecule has 1 N–H and O–H groups in total. The van der Waals surface area contributed by atoms with E-state index in [0.717, 1.165) is 24.3 Å². The number of aryl methyl sites for hydroxylation is 1. The fraction of sp³-hybridized carbons (Fsp3) is 0.579. The molecule has 3 nitrogen and oxygen atoms in total. The first-order valence-electron chi connectivity index (χ1n) is 8.57. The molecule has 0 bridgehead atoms. The Morgan fingerprint density at radius 2 is 1.59 bits per heavy atom. The predicted molar refractivity (Wildman–Crippen MR) is 89.1 cm³/mol. The summed E-state index contributed by atoms with van der Waals surface area (Å²) in [6.45, 7) is 4.55. The van der Waals surface area contributed by atoms with E-state index in [-0.39, 0.29) is 11.8 Å². The minimum Gasteiger partial charge on any atom is -0.288 e. The zero-order valence-corrected chi connectivity index (χ0v) is 13.8. The van der Waals surface area contributed by atoms with Crippen LogP contribution in [0.15, 0.2) is 18.2 Å². The van der Waals surface area contributed by atoms with E-state index in [1.807, 2.05) is 12.1 Å². The molecule has 0 saturated heterocycles. The minimum atomic E-state index is -0.257. The summed E-state index contributed by atoms with van der Waals surface area (Å²) in [6, 6.07) is 5.58. The third-order valence-corrected chi connectivity index (χ3v) is 4.33. The highest BCUT2D eigenvalue weighted by Gasteiger charge is 2.28. The van der Waals surface area contributed by atoms with Crippen LogP contribution in [0.2, 0.25) is 0 Å². The highest BCUT2D eigenvalue weighted by molar-refractivity contribution is 6.22. The smallest absolute Gasteiger partial charge is 0.259 e. The van der Waals surface area contributed by atoms with Gasteiger partial charge in [0.15, 0.2) is 0 Å². The van der Waals surface area contributed by atoms with Gasteiger partial charge in [-0.25, -0.2) is 0 Å². The Balaban J connectivity index is 1.70. The van der Waals surface area contributed by atoms with Crippen LogP contribution in [0.4, 0.5) is 0 Å². The lowest BCUT2D eigenvalue weighted by Gasteiger charge is -2.06. The van der Waals surface area contributed by atoms with E-state index in [1.54, 1.807) is 6.07 Å². The molecule has 22 heavy (non-hydrogen) atoms. The molecule has 0 aromatic heterocycles. The van der Waals surface area contributed by atoms with Crippen LogP contribution >= 0.6 is 0 Å². The first-order valence-corrected chi connectivity index (χ1v) is 8.57. The molecule has 3 heteroatoms. The molecule has 0 fully saturated rings. The fourth-order valence-electron chi connectivity index (χ4n) is 3.07. The topological polar surface area (TPSA) is 46.2 Å². The summed E-state index contributed by atoms with van der Waals surface area (Å²) >= 11 is 0. The number of rotatable bonds is 9. The number of carbonyl (C=O) groups excluding carboxylic acids is 2. The van der Waals surface area contributed by atoms with Crippen LogP contribution in [0, 0.1) is 5.92 Å². The average Bonchev–Trinajstić information content (AvgIpc) is 2.77. The summed E-state index contributed by atoms with van der Waals surface area (Å²) in [7, 11) is 0. The van der Waals surface area contributed by atoms with Gasteiger partial charge in [-0.3, -0.25) is 14.9 Å². The molecule has 1 aliphatic heterocycles. The van der Waals surface area contributed by atoms with Crippen LogP contribution in [0.25, 0.3) is 0 Å². The molecule has 1 aromatic rings. The molecule has 1 heterocycles. The normalized spacial score (nSPS) is 13.6. The van der Waals surface area contributed by atoms with Crippen molar-refractivity contribution in [3.8, 4) is 0 Å². The van der Waals surface area contributed by atoms with Crippen LogP contribution in [0.1, 0.15) is 85.1 Å². The summed E-state index contributed by atoms with van der Waals surface area (Å²) in [4.78, 5) is 23.4. The van der Waals surface area contributed by atoms with Crippen molar-refractivity contribution in [3.63, 3.8) is 0 Å². The Labute approximate surface area is 133 Å². The maximum atomic E-state index is 11.8. The predicted octanol–water partition coefficient (Wildman–Crippen LogP) is 4.50. The maximum absolute atomic E-state index is 11.8. The monoisotopic (exact) mass is 301 g/mol. The van der Waals surface area contributed by atoms with Gasteiger partial charge in [-0.15, -0.1) is 0 Å². The van der Waals surface area contributed by atoms with Crippen molar-refractivity contribution in [2.75, 3.05) is 0 Å². The second-order valence-electron chi connectivity index (χ2n) is 6.68. The van der Waals surface area contributed by atoms with Crippen LogP contribution in [-0.4, -0.2) is 11.8 Å². The number of unbranched alkanes of at least 4 members (excludes halogenated alkanes) is 5. The number of nitrogens with one attached hydrogen (secondary N) is 1. The average molecular weight is 301 g/mol. The van der Waals surface area contributed by atoms with Gasteiger partial charge in [-0.1, -0.05) is 64.5 Å². The first-order chi connectivity index (χ1) is 10.6. The Morgan fingerprint density at radius 1 is 0.909 bits per heavy atom. The zero-order chi connectivity index (χ0) is 15.9. The Kier molecular flexibility index (Phi) is 6.17. The number of imide groups is 1. The molecule has 0 radical (unpaired) electrons. The third-order valence-electron chi connectivity index (χ3n) is 4.33. The second-order valence-corrected chi connectivity index (χ2v) is 6.68.